The van der Waals surface area contributed by atoms with E-state index in [-0.39, 0.29) is 11.7 Å². The minimum absolute atomic E-state index is 0.196. The number of nitrogens with two attached hydrogens (primary N) is 1. The van der Waals surface area contributed by atoms with Gasteiger partial charge in [0.05, 0.1) is 5.54 Å². The molecule has 0 spiro atoms. The van der Waals surface area contributed by atoms with E-state index in [2.05, 4.69) is 10.3 Å². The van der Waals surface area contributed by atoms with Gasteiger partial charge in [0.25, 0.3) is 0 Å². The average Bonchev–Trinajstić information content (AvgIpc) is 2.48. The molecular weight excluding hydrogens is 305 g/mol. The minimum atomic E-state index is -1.15. The molecule has 0 bridgehead atoms. The van der Waals surface area contributed by atoms with Gasteiger partial charge in [-0.1, -0.05) is 24.6 Å². The fraction of sp³-hybridized carbons (Fsp3) is 0.467. The van der Waals surface area contributed by atoms with Crippen LogP contribution in [0, 0.1) is 11.7 Å². The predicted octanol–water partition coefficient (Wildman–Crippen LogP) is 3.16. The van der Waals surface area contributed by atoms with Crippen molar-refractivity contribution in [1.82, 2.24) is 5.32 Å². The zero-order valence-corrected chi connectivity index (χ0v) is 12.8. The van der Waals surface area contributed by atoms with Gasteiger partial charge in [0, 0.05) is 17.0 Å². The standard InChI is InChI=1S/C15H18FN3O2S/c16-12-5-4-10(17)7-11(12)15-6-2-1-3-9(15)8-22-13(19-15)18-14(20)21/h4-5,7,9H,1-3,6,8,17H2,(H,18,19)(H,20,21)/t9-,15-/m0/s1. The summed E-state index contributed by atoms with van der Waals surface area (Å²) in [6.07, 6.45) is 2.56. The highest BCUT2D eigenvalue weighted by molar-refractivity contribution is 8.13. The van der Waals surface area contributed by atoms with Crippen molar-refractivity contribution in [2.45, 2.75) is 31.2 Å². The number of nitrogens with zero attached hydrogens (tertiary/aromatic N) is 1. The number of thioether (sulfide) groups is 1. The SMILES string of the molecule is Nc1ccc(F)c([C@]23CCCC[C@H]2CSC(NC(=O)O)=N3)c1. The number of fused-ring (bicyclic) bond motifs is 1. The number of nitrogens with one attached hydrogen (secondary N) is 1. The second-order valence-electron chi connectivity index (χ2n) is 5.76. The Bertz CT molecular complexity index is 637. The van der Waals surface area contributed by atoms with Crippen LogP contribution in [-0.2, 0) is 5.54 Å². The van der Waals surface area contributed by atoms with E-state index in [1.807, 2.05) is 0 Å². The average molecular weight is 323 g/mol. The first-order valence-electron chi connectivity index (χ1n) is 7.29. The number of carbonyl (C=O) groups is 1. The molecule has 2 atom stereocenters. The number of amidine groups is 1. The van der Waals surface area contributed by atoms with Crippen LogP contribution in [0.15, 0.2) is 23.2 Å². The summed E-state index contributed by atoms with van der Waals surface area (Å²) in [7, 11) is 0. The molecule has 1 fully saturated rings. The van der Waals surface area contributed by atoms with Crippen molar-refractivity contribution in [2.24, 2.45) is 10.9 Å². The number of hydrogen-bond acceptors (Lipinski definition) is 4. The van der Waals surface area contributed by atoms with E-state index in [9.17, 15) is 9.18 Å². The molecule has 0 aromatic heterocycles. The van der Waals surface area contributed by atoms with Crippen molar-refractivity contribution in [3.05, 3.63) is 29.6 Å². The summed E-state index contributed by atoms with van der Waals surface area (Å²) in [5.41, 5.74) is 6.12. The van der Waals surface area contributed by atoms with E-state index < -0.39 is 11.6 Å². The van der Waals surface area contributed by atoms with Crippen molar-refractivity contribution in [3.63, 3.8) is 0 Å². The Balaban J connectivity index is 2.10. The van der Waals surface area contributed by atoms with Crippen LogP contribution in [0.25, 0.3) is 0 Å². The lowest BCUT2D eigenvalue weighted by molar-refractivity contribution is 0.197. The first kappa shape index (κ1) is 15.1. The predicted molar refractivity (Wildman–Crippen MR) is 85.5 cm³/mol. The van der Waals surface area contributed by atoms with Gasteiger partial charge in [-0.05, 0) is 37.0 Å². The summed E-state index contributed by atoms with van der Waals surface area (Å²) in [4.78, 5) is 15.5. The number of anilines is 1. The van der Waals surface area contributed by atoms with Crippen molar-refractivity contribution >= 4 is 28.7 Å². The highest BCUT2D eigenvalue weighted by atomic mass is 32.2. The lowest BCUT2D eigenvalue weighted by Crippen LogP contribution is -2.44. The Morgan fingerprint density at radius 2 is 2.32 bits per heavy atom. The Hall–Kier alpha value is -1.76. The molecule has 4 N–H and O–H groups in total. The zero-order chi connectivity index (χ0) is 15.7. The quantitative estimate of drug-likeness (QED) is 0.693. The fourth-order valence-electron chi connectivity index (χ4n) is 3.43. The molecular formula is C15H18FN3O2S. The Morgan fingerprint density at radius 1 is 1.50 bits per heavy atom. The van der Waals surface area contributed by atoms with Crippen LogP contribution in [0.4, 0.5) is 14.9 Å². The molecule has 5 nitrogen and oxygen atoms in total. The van der Waals surface area contributed by atoms with Crippen molar-refractivity contribution in [1.29, 1.82) is 0 Å². The summed E-state index contributed by atoms with van der Waals surface area (Å²) in [5, 5.41) is 11.6. The molecule has 3 rings (SSSR count). The third-order valence-electron chi connectivity index (χ3n) is 4.43. The van der Waals surface area contributed by atoms with Gasteiger partial charge < -0.3 is 10.8 Å². The van der Waals surface area contributed by atoms with Gasteiger partial charge in [-0.3, -0.25) is 10.3 Å². The van der Waals surface area contributed by atoms with Crippen LogP contribution in [0.5, 0.6) is 0 Å². The smallest absolute Gasteiger partial charge is 0.410 e. The summed E-state index contributed by atoms with van der Waals surface area (Å²) >= 11 is 1.38. The molecule has 7 heteroatoms. The van der Waals surface area contributed by atoms with Crippen LogP contribution in [0.2, 0.25) is 0 Å². The van der Waals surface area contributed by atoms with Crippen LogP contribution in [-0.4, -0.2) is 22.1 Å². The van der Waals surface area contributed by atoms with Gasteiger partial charge in [0.1, 0.15) is 5.82 Å². The van der Waals surface area contributed by atoms with Crippen molar-refractivity contribution in [2.75, 3.05) is 11.5 Å². The van der Waals surface area contributed by atoms with E-state index in [1.165, 1.54) is 23.9 Å². The second-order valence-corrected chi connectivity index (χ2v) is 6.77. The van der Waals surface area contributed by atoms with Gasteiger partial charge in [0.15, 0.2) is 5.17 Å². The molecule has 118 valence electrons. The molecule has 0 saturated heterocycles. The minimum Gasteiger partial charge on any atom is -0.465 e. The summed E-state index contributed by atoms with van der Waals surface area (Å²) in [5.74, 6) is 0.598. The molecule has 1 aliphatic heterocycles. The Morgan fingerprint density at radius 3 is 3.09 bits per heavy atom. The summed E-state index contributed by atoms with van der Waals surface area (Å²) in [6.45, 7) is 0. The molecule has 1 aliphatic carbocycles. The molecule has 1 amide bonds. The zero-order valence-electron chi connectivity index (χ0n) is 12.0. The highest BCUT2D eigenvalue weighted by Crippen LogP contribution is 2.50. The van der Waals surface area contributed by atoms with Gasteiger partial charge in [-0.15, -0.1) is 0 Å². The summed E-state index contributed by atoms with van der Waals surface area (Å²) < 4.78 is 14.4. The first-order chi connectivity index (χ1) is 10.5. The lowest BCUT2D eigenvalue weighted by atomic mass is 9.69. The van der Waals surface area contributed by atoms with E-state index >= 15 is 0 Å². The van der Waals surface area contributed by atoms with Crippen LogP contribution in [0.1, 0.15) is 31.2 Å². The van der Waals surface area contributed by atoms with E-state index in [0.717, 1.165) is 25.0 Å². The molecule has 0 unspecified atom stereocenters. The number of nitrogen functional groups attached to an aromatic ring is 1. The van der Waals surface area contributed by atoms with Crippen LogP contribution >= 0.6 is 11.8 Å². The van der Waals surface area contributed by atoms with E-state index in [1.54, 1.807) is 6.07 Å². The van der Waals surface area contributed by atoms with Crippen molar-refractivity contribution in [3.8, 4) is 0 Å². The number of halogens is 1. The first-order valence-corrected chi connectivity index (χ1v) is 8.28. The van der Waals surface area contributed by atoms with Gasteiger partial charge in [-0.2, -0.15) is 0 Å². The number of rotatable bonds is 1. The molecule has 1 aromatic carbocycles. The molecule has 1 saturated carbocycles. The Labute approximate surface area is 132 Å². The number of carboxylic acid groups (broad SMARTS) is 1. The van der Waals surface area contributed by atoms with Gasteiger partial charge in [0.2, 0.25) is 0 Å². The van der Waals surface area contributed by atoms with E-state index in [4.69, 9.17) is 10.8 Å². The molecule has 1 heterocycles. The third kappa shape index (κ3) is 2.65. The maximum Gasteiger partial charge on any atom is 0.410 e. The molecule has 0 radical (unpaired) electrons. The largest absolute Gasteiger partial charge is 0.465 e. The van der Waals surface area contributed by atoms with Gasteiger partial charge >= 0.3 is 6.09 Å². The number of hydrogen-bond donors (Lipinski definition) is 3. The number of benzene rings is 1. The highest BCUT2D eigenvalue weighted by Gasteiger charge is 2.46. The molecule has 22 heavy (non-hydrogen) atoms. The molecule has 2 aliphatic rings. The number of aliphatic imine (C=N–C) groups is 1. The lowest BCUT2D eigenvalue weighted by Gasteiger charge is -2.44. The maximum atomic E-state index is 14.4. The monoisotopic (exact) mass is 323 g/mol. The van der Waals surface area contributed by atoms with Crippen LogP contribution < -0.4 is 11.1 Å². The van der Waals surface area contributed by atoms with Gasteiger partial charge in [-0.25, -0.2) is 9.18 Å². The topological polar surface area (TPSA) is 87.7 Å². The summed E-state index contributed by atoms with van der Waals surface area (Å²) in [6, 6.07) is 4.54. The molecule has 1 aromatic rings. The van der Waals surface area contributed by atoms with E-state index in [0.29, 0.717) is 22.8 Å². The Kier molecular flexibility index (Phi) is 3.99. The third-order valence-corrected chi connectivity index (χ3v) is 5.46. The number of amides is 1. The van der Waals surface area contributed by atoms with Crippen molar-refractivity contribution < 1.29 is 14.3 Å². The normalized spacial score (nSPS) is 27.7. The fourth-order valence-corrected chi connectivity index (χ4v) is 4.62. The van der Waals surface area contributed by atoms with Crippen LogP contribution in [0.3, 0.4) is 0 Å². The second kappa shape index (κ2) is 5.79. The maximum absolute atomic E-state index is 14.4.